The molecule has 124 valence electrons. The van der Waals surface area contributed by atoms with Gasteiger partial charge in [-0.2, -0.15) is 4.31 Å². The summed E-state index contributed by atoms with van der Waals surface area (Å²) in [7, 11) is -3.59. The molecule has 1 aromatic rings. The Morgan fingerprint density at radius 3 is 2.48 bits per heavy atom. The summed E-state index contributed by atoms with van der Waals surface area (Å²) in [6.45, 7) is 0.629. The lowest BCUT2D eigenvalue weighted by Crippen LogP contribution is -2.32. The highest BCUT2D eigenvalue weighted by Gasteiger charge is 2.50. The Morgan fingerprint density at radius 2 is 1.87 bits per heavy atom. The average molecular weight is 337 g/mol. The zero-order valence-corrected chi connectivity index (χ0v) is 13.4. The van der Waals surface area contributed by atoms with Gasteiger partial charge in [0.1, 0.15) is 0 Å². The van der Waals surface area contributed by atoms with Crippen molar-refractivity contribution in [3.63, 3.8) is 0 Å². The molecular weight excluding hydrogens is 318 g/mol. The molecule has 2 heterocycles. The fraction of sp³-hybridized carbons (Fsp3) is 0.562. The molecule has 3 aliphatic rings. The summed E-state index contributed by atoms with van der Waals surface area (Å²) in [5, 5.41) is 9.21. The van der Waals surface area contributed by atoms with Crippen LogP contribution in [0.2, 0.25) is 0 Å². The largest absolute Gasteiger partial charge is 0.481 e. The molecule has 3 atom stereocenters. The minimum absolute atomic E-state index is 0.175. The Hall–Kier alpha value is -1.44. The van der Waals surface area contributed by atoms with Gasteiger partial charge in [-0.3, -0.25) is 4.79 Å². The maximum Gasteiger partial charge on any atom is 0.309 e. The van der Waals surface area contributed by atoms with Crippen molar-refractivity contribution in [1.29, 1.82) is 0 Å². The van der Waals surface area contributed by atoms with Crippen LogP contribution in [0.3, 0.4) is 0 Å². The molecule has 2 saturated heterocycles. The Labute approximate surface area is 135 Å². The normalized spacial score (nSPS) is 31.2. The predicted octanol–water partition coefficient (Wildman–Crippen LogP) is 1.28. The zero-order valence-electron chi connectivity index (χ0n) is 12.6. The highest BCUT2D eigenvalue weighted by atomic mass is 32.2. The monoisotopic (exact) mass is 337 g/mol. The Morgan fingerprint density at radius 1 is 1.17 bits per heavy atom. The number of rotatable bonds is 4. The summed E-state index contributed by atoms with van der Waals surface area (Å²) in [6, 6.07) is 7.09. The van der Waals surface area contributed by atoms with Gasteiger partial charge in [-0.05, 0) is 36.5 Å². The summed E-state index contributed by atoms with van der Waals surface area (Å²) < 4.78 is 32.4. The van der Waals surface area contributed by atoms with Gasteiger partial charge in [0.05, 0.1) is 23.5 Å². The number of benzene rings is 1. The number of hydrogen-bond donors (Lipinski definition) is 1. The van der Waals surface area contributed by atoms with Crippen LogP contribution < -0.4 is 0 Å². The second kappa shape index (κ2) is 5.29. The number of ether oxygens (including phenoxy) is 1. The van der Waals surface area contributed by atoms with Crippen LogP contribution >= 0.6 is 0 Å². The highest BCUT2D eigenvalue weighted by Crippen LogP contribution is 2.41. The molecule has 0 amide bonds. The lowest BCUT2D eigenvalue weighted by molar-refractivity contribution is -0.142. The number of nitrogens with zero attached hydrogens (tertiary/aromatic N) is 1. The SMILES string of the molecule is O=C(O)[C@@H]1CO[C@@H]2CN(S(=O)(=O)c3ccc(C4CC4)cc3)C[C@@H]21. The number of carboxylic acid groups (broad SMARTS) is 1. The average Bonchev–Trinajstić information content (AvgIpc) is 3.15. The lowest BCUT2D eigenvalue weighted by Gasteiger charge is -2.18. The van der Waals surface area contributed by atoms with Crippen LogP contribution in [-0.2, 0) is 19.6 Å². The first-order valence-corrected chi connectivity index (χ1v) is 9.35. The van der Waals surface area contributed by atoms with Crippen LogP contribution in [0.25, 0.3) is 0 Å². The highest BCUT2D eigenvalue weighted by molar-refractivity contribution is 7.89. The second-order valence-corrected chi connectivity index (χ2v) is 8.58. The van der Waals surface area contributed by atoms with E-state index in [1.165, 1.54) is 22.7 Å². The van der Waals surface area contributed by atoms with Crippen LogP contribution in [0, 0.1) is 11.8 Å². The minimum atomic E-state index is -3.59. The standard InChI is InChI=1S/C16H19NO5S/c18-16(19)14-9-22-15-8-17(7-13(14)15)23(20,21)12-5-3-11(4-6-12)10-1-2-10/h3-6,10,13-15H,1-2,7-9H2,(H,18,19)/t13-,14-,15-/m1/s1. The second-order valence-electron chi connectivity index (χ2n) is 6.65. The Balaban J connectivity index is 1.54. The van der Waals surface area contributed by atoms with Gasteiger partial charge in [0, 0.05) is 19.0 Å². The Bertz CT molecular complexity index is 725. The molecule has 2 aliphatic heterocycles. The molecule has 0 radical (unpaired) electrons. The van der Waals surface area contributed by atoms with E-state index in [4.69, 9.17) is 4.74 Å². The summed E-state index contributed by atoms with van der Waals surface area (Å²) in [6.07, 6.45) is 2.04. The summed E-state index contributed by atoms with van der Waals surface area (Å²) in [5.41, 5.74) is 1.19. The summed E-state index contributed by atoms with van der Waals surface area (Å²) in [4.78, 5) is 11.5. The van der Waals surface area contributed by atoms with Crippen LogP contribution in [0.4, 0.5) is 0 Å². The van der Waals surface area contributed by atoms with Crippen LogP contribution in [0.1, 0.15) is 24.3 Å². The molecule has 23 heavy (non-hydrogen) atoms. The van der Waals surface area contributed by atoms with E-state index in [9.17, 15) is 18.3 Å². The predicted molar refractivity (Wildman–Crippen MR) is 81.5 cm³/mol. The van der Waals surface area contributed by atoms with Gasteiger partial charge in [0.25, 0.3) is 0 Å². The van der Waals surface area contributed by atoms with E-state index in [1.54, 1.807) is 12.1 Å². The first-order valence-electron chi connectivity index (χ1n) is 7.91. The topological polar surface area (TPSA) is 83.9 Å². The molecule has 7 heteroatoms. The van der Waals surface area contributed by atoms with Gasteiger partial charge in [-0.15, -0.1) is 0 Å². The fourth-order valence-corrected chi connectivity index (χ4v) is 5.09. The van der Waals surface area contributed by atoms with Crippen molar-refractivity contribution in [1.82, 2.24) is 4.31 Å². The zero-order chi connectivity index (χ0) is 16.2. The maximum absolute atomic E-state index is 12.8. The van der Waals surface area contributed by atoms with Gasteiger partial charge in [-0.1, -0.05) is 12.1 Å². The van der Waals surface area contributed by atoms with Crippen LogP contribution in [0.15, 0.2) is 29.2 Å². The van der Waals surface area contributed by atoms with Gasteiger partial charge < -0.3 is 9.84 Å². The molecule has 6 nitrogen and oxygen atoms in total. The third kappa shape index (κ3) is 2.56. The number of carboxylic acids is 1. The third-order valence-electron chi connectivity index (χ3n) is 5.17. The molecule has 1 aromatic carbocycles. The Kier molecular flexibility index (Phi) is 3.48. The van der Waals surface area contributed by atoms with Crippen molar-refractivity contribution in [2.75, 3.05) is 19.7 Å². The molecule has 0 spiro atoms. The quantitative estimate of drug-likeness (QED) is 0.895. The van der Waals surface area contributed by atoms with E-state index in [2.05, 4.69) is 0 Å². The smallest absolute Gasteiger partial charge is 0.309 e. The van der Waals surface area contributed by atoms with E-state index in [0.717, 1.165) is 0 Å². The van der Waals surface area contributed by atoms with Crippen molar-refractivity contribution < 1.29 is 23.1 Å². The number of fused-ring (bicyclic) bond motifs is 1. The number of sulfonamides is 1. The van der Waals surface area contributed by atoms with Gasteiger partial charge in [0.15, 0.2) is 0 Å². The van der Waals surface area contributed by atoms with Crippen molar-refractivity contribution in [2.45, 2.75) is 29.8 Å². The first kappa shape index (κ1) is 15.1. The first-order chi connectivity index (χ1) is 11.0. The number of aliphatic carboxylic acids is 1. The molecule has 4 rings (SSSR count). The molecule has 0 unspecified atom stereocenters. The molecular formula is C16H19NO5S. The van der Waals surface area contributed by atoms with Gasteiger partial charge >= 0.3 is 5.97 Å². The maximum atomic E-state index is 12.8. The van der Waals surface area contributed by atoms with Crippen molar-refractivity contribution in [3.05, 3.63) is 29.8 Å². The van der Waals surface area contributed by atoms with Gasteiger partial charge in [0.2, 0.25) is 10.0 Å². The van der Waals surface area contributed by atoms with E-state index < -0.39 is 21.9 Å². The molecule has 1 aliphatic carbocycles. The molecule has 0 aromatic heterocycles. The molecule has 1 N–H and O–H groups in total. The molecule has 0 bridgehead atoms. The van der Waals surface area contributed by atoms with Crippen molar-refractivity contribution in [2.24, 2.45) is 11.8 Å². The molecule has 3 fully saturated rings. The van der Waals surface area contributed by atoms with E-state index in [0.29, 0.717) is 5.92 Å². The van der Waals surface area contributed by atoms with Crippen molar-refractivity contribution in [3.8, 4) is 0 Å². The van der Waals surface area contributed by atoms with Crippen LogP contribution in [-0.4, -0.2) is 49.6 Å². The number of hydrogen-bond acceptors (Lipinski definition) is 4. The van der Waals surface area contributed by atoms with Crippen molar-refractivity contribution >= 4 is 16.0 Å². The lowest BCUT2D eigenvalue weighted by atomic mass is 9.94. The van der Waals surface area contributed by atoms with E-state index in [-0.39, 0.29) is 36.6 Å². The summed E-state index contributed by atoms with van der Waals surface area (Å²) in [5.74, 6) is -1.20. The molecule has 1 saturated carbocycles. The van der Waals surface area contributed by atoms with Crippen LogP contribution in [0.5, 0.6) is 0 Å². The number of carbonyl (C=O) groups is 1. The van der Waals surface area contributed by atoms with Gasteiger partial charge in [-0.25, -0.2) is 8.42 Å². The minimum Gasteiger partial charge on any atom is -0.481 e. The van der Waals surface area contributed by atoms with E-state index >= 15 is 0 Å². The van der Waals surface area contributed by atoms with E-state index in [1.807, 2.05) is 12.1 Å². The third-order valence-corrected chi connectivity index (χ3v) is 7.01. The summed E-state index contributed by atoms with van der Waals surface area (Å²) >= 11 is 0. The fourth-order valence-electron chi connectivity index (χ4n) is 3.61.